The first-order valence-corrected chi connectivity index (χ1v) is 2.43. The third-order valence-corrected chi connectivity index (χ3v) is 1.45. The summed E-state index contributed by atoms with van der Waals surface area (Å²) in [6.07, 6.45) is 0. The van der Waals surface area contributed by atoms with E-state index in [1.165, 1.54) is 0 Å². The second-order valence-corrected chi connectivity index (χ2v) is 2.13. The molecule has 0 saturated carbocycles. The molecule has 0 aromatic rings. The van der Waals surface area contributed by atoms with E-state index >= 15 is 0 Å². The molecule has 2 rings (SSSR count). The molecule has 7 heavy (non-hydrogen) atoms. The number of rotatable bonds is 0. The number of nitrogens with one attached hydrogen (secondary N) is 1. The minimum absolute atomic E-state index is 0.111. The molecule has 0 unspecified atom stereocenters. The van der Waals surface area contributed by atoms with Crippen molar-refractivity contribution in [2.45, 2.75) is 5.60 Å². The normalized spacial score (nSPS) is 34.3. The molecule has 1 N–H and O–H groups in total. The summed E-state index contributed by atoms with van der Waals surface area (Å²) in [4.78, 5) is 9.33. The van der Waals surface area contributed by atoms with Crippen molar-refractivity contribution < 1.29 is 9.78 Å². The maximum Gasteiger partial charge on any atom is 0.154 e. The van der Waals surface area contributed by atoms with Crippen LogP contribution < -0.4 is 5.32 Å². The van der Waals surface area contributed by atoms with Gasteiger partial charge in [0.05, 0.1) is 0 Å². The van der Waals surface area contributed by atoms with E-state index < -0.39 is 0 Å². The Hall–Kier alpha value is -0.120. The topological polar surface area (TPSA) is 30.5 Å². The molecule has 0 aromatic heterocycles. The smallest absolute Gasteiger partial charge is 0.154 e. The summed E-state index contributed by atoms with van der Waals surface area (Å²) < 4.78 is 0. The maximum atomic E-state index is 4.79. The summed E-state index contributed by atoms with van der Waals surface area (Å²) in [7, 11) is 0. The van der Waals surface area contributed by atoms with Crippen LogP contribution in [-0.2, 0) is 9.78 Å². The average molecular weight is 101 g/mol. The summed E-state index contributed by atoms with van der Waals surface area (Å²) >= 11 is 0. The number of hydrogen-bond acceptors (Lipinski definition) is 3. The van der Waals surface area contributed by atoms with Crippen LogP contribution in [0.4, 0.5) is 0 Å². The van der Waals surface area contributed by atoms with Gasteiger partial charge in [0.1, 0.15) is 6.61 Å². The Morgan fingerprint density at radius 3 is 2.14 bits per heavy atom. The summed E-state index contributed by atoms with van der Waals surface area (Å²) in [5.74, 6) is 0. The van der Waals surface area contributed by atoms with Crippen molar-refractivity contribution in [3.05, 3.63) is 0 Å². The van der Waals surface area contributed by atoms with E-state index in [2.05, 4.69) is 10.2 Å². The Morgan fingerprint density at radius 2 is 2.14 bits per heavy atom. The van der Waals surface area contributed by atoms with Crippen LogP contribution in [0.2, 0.25) is 0 Å². The minimum atomic E-state index is 0.111. The van der Waals surface area contributed by atoms with Crippen LogP contribution >= 0.6 is 0 Å². The molecule has 0 atom stereocenters. The largest absolute Gasteiger partial charge is 0.310 e. The van der Waals surface area contributed by atoms with Crippen molar-refractivity contribution >= 4 is 0 Å². The molecular formula is C4H7NO2. The quantitative estimate of drug-likeness (QED) is 0.409. The van der Waals surface area contributed by atoms with Crippen molar-refractivity contribution in [2.75, 3.05) is 19.7 Å². The first-order chi connectivity index (χ1) is 3.41. The van der Waals surface area contributed by atoms with Gasteiger partial charge >= 0.3 is 0 Å². The van der Waals surface area contributed by atoms with Crippen molar-refractivity contribution in [1.82, 2.24) is 5.32 Å². The molecule has 0 aromatic carbocycles. The van der Waals surface area contributed by atoms with Crippen LogP contribution in [0.1, 0.15) is 0 Å². The second-order valence-electron chi connectivity index (χ2n) is 2.13. The molecule has 2 saturated heterocycles. The Balaban J connectivity index is 2.00. The molecule has 0 radical (unpaired) electrons. The molecular weight excluding hydrogens is 94.0 g/mol. The van der Waals surface area contributed by atoms with E-state index in [1.54, 1.807) is 0 Å². The predicted octanol–water partition coefficient (Wildman–Crippen LogP) is -0.710. The molecule has 0 aliphatic carbocycles. The van der Waals surface area contributed by atoms with E-state index in [0.717, 1.165) is 19.7 Å². The van der Waals surface area contributed by atoms with Crippen LogP contribution in [0.3, 0.4) is 0 Å². The zero-order valence-electron chi connectivity index (χ0n) is 3.94. The lowest BCUT2D eigenvalue weighted by molar-refractivity contribution is -0.479. The van der Waals surface area contributed by atoms with Crippen LogP contribution in [0.5, 0.6) is 0 Å². The molecule has 2 aliphatic heterocycles. The highest BCUT2D eigenvalue weighted by atomic mass is 17.2. The lowest BCUT2D eigenvalue weighted by Gasteiger charge is -2.46. The molecule has 0 bridgehead atoms. The maximum absolute atomic E-state index is 4.79. The molecule has 3 nitrogen and oxygen atoms in total. The fraction of sp³-hybridized carbons (Fsp3) is 1.00. The highest BCUT2D eigenvalue weighted by molar-refractivity contribution is 4.96. The third-order valence-electron chi connectivity index (χ3n) is 1.45. The Bertz CT molecular complexity index is 70.2. The zero-order valence-corrected chi connectivity index (χ0v) is 3.94. The molecule has 40 valence electrons. The molecule has 3 heteroatoms. The van der Waals surface area contributed by atoms with Gasteiger partial charge in [0.25, 0.3) is 0 Å². The van der Waals surface area contributed by atoms with Gasteiger partial charge in [-0.1, -0.05) is 0 Å². The van der Waals surface area contributed by atoms with Gasteiger partial charge in [0.2, 0.25) is 0 Å². The standard InChI is InChI=1S/C4H7NO2/c1-4(2-5-1)3-6-7-4/h5H,1-3H2. The Morgan fingerprint density at radius 1 is 1.43 bits per heavy atom. The van der Waals surface area contributed by atoms with Gasteiger partial charge in [-0.25, -0.2) is 9.78 Å². The van der Waals surface area contributed by atoms with Crippen molar-refractivity contribution in [3.8, 4) is 0 Å². The Labute approximate surface area is 41.5 Å². The van der Waals surface area contributed by atoms with Crippen LogP contribution in [0, 0.1) is 0 Å². The lowest BCUT2D eigenvalue weighted by Crippen LogP contribution is -2.68. The van der Waals surface area contributed by atoms with Gasteiger partial charge in [-0.05, 0) is 0 Å². The van der Waals surface area contributed by atoms with Crippen molar-refractivity contribution in [3.63, 3.8) is 0 Å². The molecule has 1 spiro atoms. The van der Waals surface area contributed by atoms with Gasteiger partial charge in [0, 0.05) is 13.1 Å². The Kier molecular flexibility index (Phi) is 0.543. The van der Waals surface area contributed by atoms with Crippen molar-refractivity contribution in [1.29, 1.82) is 0 Å². The summed E-state index contributed by atoms with van der Waals surface area (Å²) in [5, 5.41) is 3.10. The molecule has 2 aliphatic rings. The van der Waals surface area contributed by atoms with Crippen LogP contribution in [0.25, 0.3) is 0 Å². The first-order valence-electron chi connectivity index (χ1n) is 2.43. The van der Waals surface area contributed by atoms with Gasteiger partial charge < -0.3 is 5.32 Å². The predicted molar refractivity (Wildman–Crippen MR) is 22.6 cm³/mol. The van der Waals surface area contributed by atoms with E-state index in [-0.39, 0.29) is 5.60 Å². The monoisotopic (exact) mass is 101 g/mol. The number of hydrogen-bond donors (Lipinski definition) is 1. The van der Waals surface area contributed by atoms with Crippen LogP contribution in [0.15, 0.2) is 0 Å². The van der Waals surface area contributed by atoms with E-state index in [1.807, 2.05) is 0 Å². The highest BCUT2D eigenvalue weighted by Gasteiger charge is 2.46. The molecule has 2 fully saturated rings. The van der Waals surface area contributed by atoms with Gasteiger partial charge in [-0.2, -0.15) is 0 Å². The summed E-state index contributed by atoms with van der Waals surface area (Å²) in [6, 6.07) is 0. The van der Waals surface area contributed by atoms with Gasteiger partial charge in [-0.3, -0.25) is 0 Å². The summed E-state index contributed by atoms with van der Waals surface area (Å²) in [6.45, 7) is 2.71. The van der Waals surface area contributed by atoms with E-state index in [4.69, 9.17) is 4.89 Å². The van der Waals surface area contributed by atoms with Crippen LogP contribution in [-0.4, -0.2) is 25.3 Å². The molecule has 2 heterocycles. The SMILES string of the molecule is C1NCC12COO2. The average Bonchev–Trinajstić information content (AvgIpc) is 1.20. The van der Waals surface area contributed by atoms with Gasteiger partial charge in [0.15, 0.2) is 5.60 Å². The van der Waals surface area contributed by atoms with E-state index in [9.17, 15) is 0 Å². The van der Waals surface area contributed by atoms with Gasteiger partial charge in [-0.15, -0.1) is 0 Å². The molecule has 0 amide bonds. The fourth-order valence-electron chi connectivity index (χ4n) is 0.790. The second kappa shape index (κ2) is 0.992. The fourth-order valence-corrected chi connectivity index (χ4v) is 0.790. The first kappa shape index (κ1) is 3.83. The zero-order chi connectivity index (χ0) is 4.74. The van der Waals surface area contributed by atoms with Crippen molar-refractivity contribution in [2.24, 2.45) is 0 Å². The highest BCUT2D eigenvalue weighted by Crippen LogP contribution is 2.25. The third kappa shape index (κ3) is 0.351. The van der Waals surface area contributed by atoms with E-state index in [0.29, 0.717) is 0 Å². The summed E-state index contributed by atoms with van der Waals surface area (Å²) in [5.41, 5.74) is 0.111. The minimum Gasteiger partial charge on any atom is -0.310 e. The lowest BCUT2D eigenvalue weighted by atomic mass is 9.98.